The molecule has 0 radical (unpaired) electrons. The van der Waals surface area contributed by atoms with E-state index in [0.29, 0.717) is 12.0 Å². The Balaban J connectivity index is 1.75. The van der Waals surface area contributed by atoms with Crippen molar-refractivity contribution in [3.8, 4) is 0 Å². The van der Waals surface area contributed by atoms with E-state index >= 15 is 0 Å². The number of allylic oxidation sites excluding steroid dienone is 2. The minimum atomic E-state index is 0.0131. The fraction of sp³-hybridized carbons (Fsp3) is 0.391. The molecule has 6 heteroatoms. The summed E-state index contributed by atoms with van der Waals surface area (Å²) in [7, 11) is 4.20. The largest absolute Gasteiger partial charge is 0.306 e. The van der Waals surface area contributed by atoms with Crippen LogP contribution in [0, 0.1) is 5.92 Å². The Kier molecular flexibility index (Phi) is 6.88. The number of nitrogens with one attached hydrogen (secondary N) is 1. The second-order valence-corrected chi connectivity index (χ2v) is 7.63. The number of nitrogens with zero attached hydrogens (tertiary/aromatic N) is 4. The Labute approximate surface area is 172 Å². The van der Waals surface area contributed by atoms with Gasteiger partial charge in [-0.25, -0.2) is 9.97 Å². The number of carbonyl (C=O) groups excluding carboxylic acids is 1. The van der Waals surface area contributed by atoms with Crippen LogP contribution in [0.15, 0.2) is 54.3 Å². The summed E-state index contributed by atoms with van der Waals surface area (Å²) in [6, 6.07) is 6.43. The molecule has 0 bridgehead atoms. The molecule has 1 N–H and O–H groups in total. The lowest BCUT2D eigenvalue weighted by molar-refractivity contribution is -0.121. The van der Waals surface area contributed by atoms with Crippen molar-refractivity contribution in [1.29, 1.82) is 0 Å². The fourth-order valence-corrected chi connectivity index (χ4v) is 3.71. The van der Waals surface area contributed by atoms with Gasteiger partial charge >= 0.3 is 0 Å². The summed E-state index contributed by atoms with van der Waals surface area (Å²) in [6.45, 7) is 5.75. The molecule has 0 unspecified atom stereocenters. The van der Waals surface area contributed by atoms with Crippen LogP contribution in [0.5, 0.6) is 0 Å². The van der Waals surface area contributed by atoms with Gasteiger partial charge in [0.25, 0.3) is 0 Å². The van der Waals surface area contributed by atoms with E-state index in [9.17, 15) is 4.79 Å². The molecule has 1 heterocycles. The average Bonchev–Trinajstić information content (AvgIpc) is 2.74. The van der Waals surface area contributed by atoms with Crippen molar-refractivity contribution in [3.05, 3.63) is 54.9 Å². The van der Waals surface area contributed by atoms with Crippen LogP contribution in [0.1, 0.15) is 38.2 Å². The zero-order chi connectivity index (χ0) is 20.8. The van der Waals surface area contributed by atoms with Gasteiger partial charge in [0.1, 0.15) is 0 Å². The fourth-order valence-electron chi connectivity index (χ4n) is 3.71. The third-order valence-electron chi connectivity index (χ3n) is 5.47. The van der Waals surface area contributed by atoms with Gasteiger partial charge in [0.05, 0.1) is 11.2 Å². The van der Waals surface area contributed by atoms with Gasteiger partial charge in [0.2, 0.25) is 11.9 Å². The lowest BCUT2D eigenvalue weighted by atomic mass is 9.85. The zero-order valence-electron chi connectivity index (χ0n) is 17.4. The number of hydrogen-bond donors (Lipinski definition) is 1. The number of aromatic nitrogens is 2. The first kappa shape index (κ1) is 20.9. The van der Waals surface area contributed by atoms with Crippen LogP contribution in [0.3, 0.4) is 0 Å². The monoisotopic (exact) mass is 391 g/mol. The van der Waals surface area contributed by atoms with E-state index in [2.05, 4.69) is 45.9 Å². The molecule has 1 aliphatic rings. The van der Waals surface area contributed by atoms with E-state index < -0.39 is 0 Å². The maximum Gasteiger partial charge on any atom is 0.229 e. The first-order valence-electron chi connectivity index (χ1n) is 10.1. The molecule has 1 saturated carbocycles. The maximum absolute atomic E-state index is 12.7. The molecule has 1 aromatic heterocycles. The first-order valence-corrected chi connectivity index (χ1v) is 10.1. The molecule has 1 amide bonds. The molecule has 0 spiro atoms. The number of anilines is 1. The Morgan fingerprint density at radius 3 is 2.69 bits per heavy atom. The summed E-state index contributed by atoms with van der Waals surface area (Å²) in [5, 5.41) is 3.82. The number of amides is 1. The highest BCUT2D eigenvalue weighted by molar-refractivity contribution is 6.10. The summed E-state index contributed by atoms with van der Waals surface area (Å²) < 4.78 is 0. The summed E-state index contributed by atoms with van der Waals surface area (Å²) in [5.41, 5.74) is 2.45. The van der Waals surface area contributed by atoms with Crippen molar-refractivity contribution in [3.63, 3.8) is 0 Å². The average molecular weight is 392 g/mol. The summed E-state index contributed by atoms with van der Waals surface area (Å²) in [6.07, 6.45) is 10.9. The number of rotatable bonds is 6. The highest BCUT2D eigenvalue weighted by atomic mass is 16.2. The van der Waals surface area contributed by atoms with Gasteiger partial charge in [-0.2, -0.15) is 0 Å². The van der Waals surface area contributed by atoms with Crippen LogP contribution in [0.2, 0.25) is 0 Å². The molecule has 6 nitrogen and oxygen atoms in total. The van der Waals surface area contributed by atoms with Gasteiger partial charge in [-0.15, -0.1) is 0 Å². The van der Waals surface area contributed by atoms with Crippen molar-refractivity contribution in [2.24, 2.45) is 10.9 Å². The predicted molar refractivity (Wildman–Crippen MR) is 119 cm³/mol. The van der Waals surface area contributed by atoms with Gasteiger partial charge in [0.15, 0.2) is 0 Å². The molecule has 1 aromatic carbocycles. The second kappa shape index (κ2) is 9.56. The predicted octanol–water partition coefficient (Wildman–Crippen LogP) is 4.20. The van der Waals surface area contributed by atoms with E-state index in [4.69, 9.17) is 0 Å². The third kappa shape index (κ3) is 5.15. The first-order chi connectivity index (χ1) is 14.0. The highest BCUT2D eigenvalue weighted by Crippen LogP contribution is 2.27. The van der Waals surface area contributed by atoms with E-state index in [0.717, 1.165) is 47.9 Å². The number of hydrogen-bond acceptors (Lipinski definition) is 5. The third-order valence-corrected chi connectivity index (χ3v) is 5.47. The molecule has 3 rings (SSSR count). The van der Waals surface area contributed by atoms with Crippen LogP contribution >= 0.6 is 0 Å². The van der Waals surface area contributed by atoms with E-state index in [1.54, 1.807) is 18.5 Å². The Morgan fingerprint density at radius 2 is 2.03 bits per heavy atom. The smallest absolute Gasteiger partial charge is 0.229 e. The topological polar surface area (TPSA) is 70.5 Å². The molecule has 0 aliphatic heterocycles. The molecule has 1 fully saturated rings. The Hall–Kier alpha value is -2.86. The maximum atomic E-state index is 12.7. The van der Waals surface area contributed by atoms with Crippen molar-refractivity contribution >= 4 is 28.5 Å². The molecule has 0 saturated heterocycles. The minimum Gasteiger partial charge on any atom is -0.306 e. The van der Waals surface area contributed by atoms with Crippen LogP contribution in [0.25, 0.3) is 10.9 Å². The lowest BCUT2D eigenvalue weighted by Gasteiger charge is -2.31. The molecular formula is C23H29N5O. The van der Waals surface area contributed by atoms with Gasteiger partial charge in [-0.3, -0.25) is 15.1 Å². The van der Waals surface area contributed by atoms with Crippen molar-refractivity contribution in [2.45, 2.75) is 38.6 Å². The lowest BCUT2D eigenvalue weighted by Crippen LogP contribution is -2.35. The van der Waals surface area contributed by atoms with Gasteiger partial charge in [0, 0.05) is 35.3 Å². The van der Waals surface area contributed by atoms with Crippen LogP contribution in [-0.4, -0.2) is 46.6 Å². The zero-order valence-corrected chi connectivity index (χ0v) is 17.4. The molecular weight excluding hydrogens is 362 g/mol. The minimum absolute atomic E-state index is 0.0131. The molecule has 152 valence electrons. The highest BCUT2D eigenvalue weighted by Gasteiger charge is 2.27. The van der Waals surface area contributed by atoms with Crippen molar-refractivity contribution in [2.75, 3.05) is 19.4 Å². The van der Waals surface area contributed by atoms with E-state index in [-0.39, 0.29) is 11.8 Å². The SMILES string of the molecule is C=C/C(=N\C=C/C)c1ccc2cnc(NC(=O)C3CCC(N(C)C)CC3)nc2c1. The normalized spacial score (nSPS) is 20.3. The molecule has 2 aromatic rings. The second-order valence-electron chi connectivity index (χ2n) is 7.63. The number of benzene rings is 1. The summed E-state index contributed by atoms with van der Waals surface area (Å²) in [5.74, 6) is 0.385. The number of fused-ring (bicyclic) bond motifs is 1. The van der Waals surface area contributed by atoms with E-state index in [1.165, 1.54) is 0 Å². The van der Waals surface area contributed by atoms with Crippen LogP contribution < -0.4 is 5.32 Å². The summed E-state index contributed by atoms with van der Waals surface area (Å²) >= 11 is 0. The van der Waals surface area contributed by atoms with Crippen molar-refractivity contribution < 1.29 is 4.79 Å². The molecule has 0 atom stereocenters. The Bertz CT molecular complexity index is 939. The van der Waals surface area contributed by atoms with Crippen molar-refractivity contribution in [1.82, 2.24) is 14.9 Å². The standard InChI is InChI=1S/C23H29N5O/c1-5-13-24-20(6-2)17-7-8-18-15-25-23(26-21(18)14-17)27-22(29)16-9-11-19(12-10-16)28(3)4/h5-8,13-16,19H,2,9-12H2,1,3-4H3,(H,25,26,27,29)/b13-5-,24-20+. The Morgan fingerprint density at radius 1 is 1.28 bits per heavy atom. The number of carbonyl (C=O) groups is 1. The number of aliphatic imine (C=N–C) groups is 1. The van der Waals surface area contributed by atoms with Gasteiger partial charge < -0.3 is 4.90 Å². The van der Waals surface area contributed by atoms with Gasteiger partial charge in [-0.05, 0) is 58.8 Å². The van der Waals surface area contributed by atoms with Crippen LogP contribution in [-0.2, 0) is 4.79 Å². The van der Waals surface area contributed by atoms with E-state index in [1.807, 2.05) is 31.2 Å². The molecule has 1 aliphatic carbocycles. The van der Waals surface area contributed by atoms with Gasteiger partial charge in [-0.1, -0.05) is 24.8 Å². The van der Waals surface area contributed by atoms with Crippen LogP contribution in [0.4, 0.5) is 5.95 Å². The summed E-state index contributed by atoms with van der Waals surface area (Å²) in [4.78, 5) is 28.2. The molecule has 29 heavy (non-hydrogen) atoms. The quantitative estimate of drug-likeness (QED) is 0.749.